The average molecular weight is 239 g/mol. The molecule has 2 heterocycles. The van der Waals surface area contributed by atoms with Crippen molar-refractivity contribution < 1.29 is 4.74 Å². The third-order valence-electron chi connectivity index (χ3n) is 2.76. The number of hydrogen-bond acceptors (Lipinski definition) is 3. The van der Waals surface area contributed by atoms with Gasteiger partial charge in [-0.1, -0.05) is 26.8 Å². The van der Waals surface area contributed by atoms with Gasteiger partial charge < -0.3 is 10.1 Å². The predicted octanol–water partition coefficient (Wildman–Crippen LogP) is 3.21. The summed E-state index contributed by atoms with van der Waals surface area (Å²) in [4.78, 5) is 1.34. The lowest BCUT2D eigenvalue weighted by molar-refractivity contribution is -0.0536. The van der Waals surface area contributed by atoms with Crippen LogP contribution in [0.1, 0.15) is 38.2 Å². The Morgan fingerprint density at radius 3 is 2.88 bits per heavy atom. The molecule has 0 saturated carbocycles. The first-order chi connectivity index (χ1) is 7.54. The molecule has 2 unspecified atom stereocenters. The van der Waals surface area contributed by atoms with E-state index in [4.69, 9.17) is 4.74 Å². The molecule has 0 bridgehead atoms. The Kier molecular flexibility index (Phi) is 3.67. The van der Waals surface area contributed by atoms with Gasteiger partial charge in [-0.2, -0.15) is 0 Å². The summed E-state index contributed by atoms with van der Waals surface area (Å²) in [6.07, 6.45) is 1.71. The normalized spacial score (nSPS) is 26.9. The summed E-state index contributed by atoms with van der Waals surface area (Å²) in [7, 11) is 0. The number of rotatable bonds is 2. The molecule has 0 aliphatic carbocycles. The van der Waals surface area contributed by atoms with Crippen molar-refractivity contribution in [2.24, 2.45) is 5.41 Å². The molecule has 0 spiro atoms. The first-order valence-corrected chi connectivity index (χ1v) is 6.82. The van der Waals surface area contributed by atoms with Gasteiger partial charge in [-0.25, -0.2) is 0 Å². The van der Waals surface area contributed by atoms with E-state index >= 15 is 0 Å². The molecule has 1 saturated heterocycles. The van der Waals surface area contributed by atoms with Gasteiger partial charge in [0.2, 0.25) is 0 Å². The van der Waals surface area contributed by atoms with E-state index in [2.05, 4.69) is 43.6 Å². The quantitative estimate of drug-likeness (QED) is 0.855. The number of morpholine rings is 1. The Balaban J connectivity index is 1.94. The van der Waals surface area contributed by atoms with Gasteiger partial charge >= 0.3 is 0 Å². The van der Waals surface area contributed by atoms with Gasteiger partial charge in [-0.05, 0) is 23.3 Å². The molecule has 2 nitrogen and oxygen atoms in total. The van der Waals surface area contributed by atoms with Crippen LogP contribution in [0.2, 0.25) is 0 Å². The maximum atomic E-state index is 6.15. The lowest BCUT2D eigenvalue weighted by Crippen LogP contribution is -2.41. The monoisotopic (exact) mass is 239 g/mol. The van der Waals surface area contributed by atoms with Crippen LogP contribution in [0.3, 0.4) is 0 Å². The summed E-state index contributed by atoms with van der Waals surface area (Å²) < 4.78 is 6.15. The molecule has 1 N–H and O–H groups in total. The first-order valence-electron chi connectivity index (χ1n) is 5.94. The molecule has 1 aliphatic rings. The third-order valence-corrected chi connectivity index (χ3v) is 3.72. The van der Waals surface area contributed by atoms with Crippen molar-refractivity contribution in [1.82, 2.24) is 5.32 Å². The number of hydrogen-bond donors (Lipinski definition) is 1. The van der Waals surface area contributed by atoms with Crippen LogP contribution < -0.4 is 5.32 Å². The zero-order valence-corrected chi connectivity index (χ0v) is 11.1. The fourth-order valence-corrected chi connectivity index (χ4v) is 2.91. The zero-order valence-electron chi connectivity index (χ0n) is 10.3. The lowest BCUT2D eigenvalue weighted by Gasteiger charge is -2.34. The van der Waals surface area contributed by atoms with Crippen LogP contribution in [0.25, 0.3) is 0 Å². The van der Waals surface area contributed by atoms with E-state index in [-0.39, 0.29) is 6.10 Å². The van der Waals surface area contributed by atoms with E-state index in [1.807, 2.05) is 0 Å². The van der Waals surface area contributed by atoms with Crippen molar-refractivity contribution in [2.45, 2.75) is 39.4 Å². The Hall–Kier alpha value is -0.380. The van der Waals surface area contributed by atoms with E-state index < -0.39 is 0 Å². The van der Waals surface area contributed by atoms with Gasteiger partial charge in [0, 0.05) is 18.0 Å². The van der Waals surface area contributed by atoms with E-state index in [0.29, 0.717) is 11.5 Å². The molecule has 16 heavy (non-hydrogen) atoms. The van der Waals surface area contributed by atoms with E-state index in [1.165, 1.54) is 4.88 Å². The Morgan fingerprint density at radius 1 is 1.44 bits per heavy atom. The van der Waals surface area contributed by atoms with E-state index in [1.54, 1.807) is 11.3 Å². The summed E-state index contributed by atoms with van der Waals surface area (Å²) in [6, 6.07) is 4.26. The van der Waals surface area contributed by atoms with Crippen molar-refractivity contribution in [3.05, 3.63) is 22.4 Å². The van der Waals surface area contributed by atoms with Gasteiger partial charge in [0.25, 0.3) is 0 Å². The summed E-state index contributed by atoms with van der Waals surface area (Å²) in [5, 5.41) is 5.59. The molecular formula is C13H21NOS. The fourth-order valence-electron chi connectivity index (χ4n) is 2.15. The molecule has 0 radical (unpaired) electrons. The van der Waals surface area contributed by atoms with Crippen molar-refractivity contribution >= 4 is 11.3 Å². The number of ether oxygens (including phenoxy) is 1. The Bertz CT molecular complexity index is 315. The van der Waals surface area contributed by atoms with Gasteiger partial charge in [-0.3, -0.25) is 0 Å². The standard InChI is InChI=1S/C13H21NOS/c1-13(2,3)7-10-8-14-9-11(15-10)12-5-4-6-16-12/h4-6,10-11,14H,7-9H2,1-3H3. The second kappa shape index (κ2) is 4.86. The van der Waals surface area contributed by atoms with Crippen LogP contribution in [0, 0.1) is 5.41 Å². The van der Waals surface area contributed by atoms with Crippen LogP contribution >= 0.6 is 11.3 Å². The second-order valence-corrected chi connectivity index (χ2v) is 6.66. The van der Waals surface area contributed by atoms with Crippen LogP contribution in [0.4, 0.5) is 0 Å². The van der Waals surface area contributed by atoms with Gasteiger partial charge in [0.15, 0.2) is 0 Å². The Morgan fingerprint density at radius 2 is 2.25 bits per heavy atom. The smallest absolute Gasteiger partial charge is 0.104 e. The molecule has 2 atom stereocenters. The topological polar surface area (TPSA) is 21.3 Å². The van der Waals surface area contributed by atoms with E-state index in [9.17, 15) is 0 Å². The van der Waals surface area contributed by atoms with Crippen molar-refractivity contribution in [3.8, 4) is 0 Å². The SMILES string of the molecule is CC(C)(C)CC1CNCC(c2cccs2)O1. The summed E-state index contributed by atoms with van der Waals surface area (Å²) >= 11 is 1.78. The minimum absolute atomic E-state index is 0.251. The summed E-state index contributed by atoms with van der Waals surface area (Å²) in [5.74, 6) is 0. The van der Waals surface area contributed by atoms with Gasteiger partial charge in [0.1, 0.15) is 6.10 Å². The second-order valence-electron chi connectivity index (χ2n) is 5.69. The maximum Gasteiger partial charge on any atom is 0.104 e. The molecule has 90 valence electrons. The largest absolute Gasteiger partial charge is 0.367 e. The Labute approximate surface area is 102 Å². The predicted molar refractivity (Wildman–Crippen MR) is 68.9 cm³/mol. The molecule has 2 rings (SSSR count). The highest BCUT2D eigenvalue weighted by atomic mass is 32.1. The zero-order chi connectivity index (χ0) is 11.6. The highest BCUT2D eigenvalue weighted by Gasteiger charge is 2.27. The van der Waals surface area contributed by atoms with Crippen molar-refractivity contribution in [3.63, 3.8) is 0 Å². The van der Waals surface area contributed by atoms with Crippen LogP contribution in [-0.4, -0.2) is 19.2 Å². The van der Waals surface area contributed by atoms with Crippen LogP contribution in [0.15, 0.2) is 17.5 Å². The first kappa shape index (κ1) is 12.1. The molecule has 1 aromatic heterocycles. The molecule has 0 amide bonds. The fraction of sp³-hybridized carbons (Fsp3) is 0.692. The van der Waals surface area contributed by atoms with Crippen LogP contribution in [-0.2, 0) is 4.74 Å². The highest BCUT2D eigenvalue weighted by Crippen LogP contribution is 2.30. The molecule has 3 heteroatoms. The lowest BCUT2D eigenvalue weighted by atomic mass is 9.88. The number of nitrogens with one attached hydrogen (secondary N) is 1. The van der Waals surface area contributed by atoms with E-state index in [0.717, 1.165) is 19.5 Å². The molecule has 0 aromatic carbocycles. The van der Waals surface area contributed by atoms with Crippen molar-refractivity contribution in [1.29, 1.82) is 0 Å². The van der Waals surface area contributed by atoms with Crippen molar-refractivity contribution in [2.75, 3.05) is 13.1 Å². The van der Waals surface area contributed by atoms with Crippen LogP contribution in [0.5, 0.6) is 0 Å². The summed E-state index contributed by atoms with van der Waals surface area (Å²) in [5.41, 5.74) is 0.337. The minimum Gasteiger partial charge on any atom is -0.367 e. The van der Waals surface area contributed by atoms with Gasteiger partial charge in [-0.15, -0.1) is 11.3 Å². The average Bonchev–Trinajstić information content (AvgIpc) is 2.68. The van der Waals surface area contributed by atoms with Gasteiger partial charge in [0.05, 0.1) is 6.10 Å². The highest BCUT2D eigenvalue weighted by molar-refractivity contribution is 7.10. The third kappa shape index (κ3) is 3.30. The maximum absolute atomic E-state index is 6.15. The molecule has 1 aliphatic heterocycles. The summed E-state index contributed by atoms with van der Waals surface area (Å²) in [6.45, 7) is 8.74. The molecule has 1 aromatic rings. The molecular weight excluding hydrogens is 218 g/mol. The number of thiophene rings is 1. The molecule has 1 fully saturated rings. The minimum atomic E-state index is 0.251.